The summed E-state index contributed by atoms with van der Waals surface area (Å²) in [5, 5.41) is 3.12. The third-order valence-electron chi connectivity index (χ3n) is 4.35. The van der Waals surface area contributed by atoms with Gasteiger partial charge in [0.2, 0.25) is 0 Å². The highest BCUT2D eigenvalue weighted by Crippen LogP contribution is 2.36. The Balaban J connectivity index is 2.13. The molecule has 140 valence electrons. The van der Waals surface area contributed by atoms with Crippen molar-refractivity contribution in [2.24, 2.45) is 0 Å². The van der Waals surface area contributed by atoms with Crippen LogP contribution in [0.4, 0.5) is 5.69 Å². The highest BCUT2D eigenvalue weighted by molar-refractivity contribution is 6.36. The minimum absolute atomic E-state index is 0.254. The first-order chi connectivity index (χ1) is 13.0. The number of carbonyl (C=O) groups excluding carboxylic acids is 2. The van der Waals surface area contributed by atoms with E-state index in [1.165, 1.54) is 12.0 Å². The Labute approximate surface area is 158 Å². The normalized spacial score (nSPS) is 14.2. The summed E-state index contributed by atoms with van der Waals surface area (Å²) in [7, 11) is 3.07. The van der Waals surface area contributed by atoms with Crippen LogP contribution < -0.4 is 14.8 Å². The number of nitrogens with zero attached hydrogens (tertiary/aromatic N) is 1. The molecule has 1 aliphatic rings. The second-order valence-corrected chi connectivity index (χ2v) is 6.38. The average molecular weight is 366 g/mol. The molecule has 0 saturated carbocycles. The van der Waals surface area contributed by atoms with Crippen molar-refractivity contribution in [2.45, 2.75) is 19.9 Å². The lowest BCUT2D eigenvalue weighted by atomic mass is 10.0. The number of nitrogens with one attached hydrogen (secondary N) is 1. The molecule has 1 heterocycles. The maximum atomic E-state index is 13.0. The van der Waals surface area contributed by atoms with E-state index in [4.69, 9.17) is 9.47 Å². The number of benzene rings is 2. The fraction of sp³-hybridized carbons (Fsp3) is 0.238. The molecular formula is C21H22N2O4. The molecule has 0 unspecified atom stereocenters. The van der Waals surface area contributed by atoms with E-state index in [1.807, 2.05) is 44.2 Å². The van der Waals surface area contributed by atoms with Crippen LogP contribution in [0.5, 0.6) is 11.5 Å². The van der Waals surface area contributed by atoms with Gasteiger partial charge in [-0.15, -0.1) is 0 Å². The summed E-state index contributed by atoms with van der Waals surface area (Å²) in [6.07, 6.45) is 0. The van der Waals surface area contributed by atoms with Gasteiger partial charge < -0.3 is 14.8 Å². The molecular weight excluding hydrogens is 344 g/mol. The maximum absolute atomic E-state index is 13.0. The van der Waals surface area contributed by atoms with Crippen LogP contribution in [-0.2, 0) is 9.59 Å². The molecule has 27 heavy (non-hydrogen) atoms. The average Bonchev–Trinajstić information content (AvgIpc) is 2.92. The number of hydrogen-bond acceptors (Lipinski definition) is 5. The van der Waals surface area contributed by atoms with E-state index in [-0.39, 0.29) is 23.6 Å². The summed E-state index contributed by atoms with van der Waals surface area (Å²) in [5.41, 5.74) is 1.90. The van der Waals surface area contributed by atoms with Gasteiger partial charge in [-0.2, -0.15) is 0 Å². The van der Waals surface area contributed by atoms with Gasteiger partial charge in [0.1, 0.15) is 5.70 Å². The second-order valence-electron chi connectivity index (χ2n) is 6.38. The first-order valence-electron chi connectivity index (χ1n) is 8.64. The minimum Gasteiger partial charge on any atom is -0.493 e. The van der Waals surface area contributed by atoms with Crippen molar-refractivity contribution in [3.8, 4) is 11.5 Å². The molecule has 6 heteroatoms. The number of para-hydroxylation sites is 1. The molecule has 0 bridgehead atoms. The molecule has 0 atom stereocenters. The third kappa shape index (κ3) is 3.38. The molecule has 1 N–H and O–H groups in total. The van der Waals surface area contributed by atoms with Gasteiger partial charge in [0, 0.05) is 11.7 Å². The largest absolute Gasteiger partial charge is 0.493 e. The summed E-state index contributed by atoms with van der Waals surface area (Å²) in [6, 6.07) is 14.2. The first-order valence-corrected chi connectivity index (χ1v) is 8.64. The van der Waals surface area contributed by atoms with E-state index >= 15 is 0 Å². The van der Waals surface area contributed by atoms with Crippen molar-refractivity contribution < 1.29 is 19.1 Å². The van der Waals surface area contributed by atoms with Gasteiger partial charge in [-0.05, 0) is 43.7 Å². The smallest absolute Gasteiger partial charge is 0.278 e. The number of amides is 2. The van der Waals surface area contributed by atoms with Gasteiger partial charge in [0.25, 0.3) is 11.8 Å². The predicted molar refractivity (Wildman–Crippen MR) is 104 cm³/mol. The van der Waals surface area contributed by atoms with E-state index in [9.17, 15) is 9.59 Å². The van der Waals surface area contributed by atoms with E-state index in [0.29, 0.717) is 22.6 Å². The molecule has 1 aliphatic heterocycles. The lowest BCUT2D eigenvalue weighted by Crippen LogP contribution is -2.38. The van der Waals surface area contributed by atoms with Crippen LogP contribution in [0.3, 0.4) is 0 Å². The van der Waals surface area contributed by atoms with Crippen LogP contribution in [0.25, 0.3) is 5.57 Å². The Bertz CT molecular complexity index is 904. The number of rotatable bonds is 6. The number of hydrogen-bond donors (Lipinski definition) is 1. The molecule has 0 spiro atoms. The zero-order chi connectivity index (χ0) is 19.6. The van der Waals surface area contributed by atoms with Crippen molar-refractivity contribution in [1.82, 2.24) is 4.90 Å². The molecule has 2 aromatic rings. The number of methoxy groups -OCH3 is 2. The zero-order valence-electron chi connectivity index (χ0n) is 15.8. The lowest BCUT2D eigenvalue weighted by Gasteiger charge is -2.19. The molecule has 0 radical (unpaired) electrons. The first kappa shape index (κ1) is 18.5. The van der Waals surface area contributed by atoms with Crippen molar-refractivity contribution in [2.75, 3.05) is 19.5 Å². The van der Waals surface area contributed by atoms with Crippen molar-refractivity contribution in [3.05, 3.63) is 59.8 Å². The Morgan fingerprint density at radius 3 is 2.15 bits per heavy atom. The highest BCUT2D eigenvalue weighted by atomic mass is 16.5. The number of imide groups is 1. The van der Waals surface area contributed by atoms with Crippen molar-refractivity contribution in [1.29, 1.82) is 0 Å². The van der Waals surface area contributed by atoms with E-state index in [2.05, 4.69) is 5.32 Å². The molecule has 0 aromatic heterocycles. The number of carbonyl (C=O) groups is 2. The topological polar surface area (TPSA) is 67.9 Å². The fourth-order valence-corrected chi connectivity index (χ4v) is 3.06. The molecule has 6 nitrogen and oxygen atoms in total. The number of anilines is 1. The van der Waals surface area contributed by atoms with E-state index in [1.54, 1.807) is 25.3 Å². The number of ether oxygens (including phenoxy) is 2. The minimum atomic E-state index is -0.344. The third-order valence-corrected chi connectivity index (χ3v) is 4.35. The summed E-state index contributed by atoms with van der Waals surface area (Å²) in [6.45, 7) is 3.63. The summed E-state index contributed by atoms with van der Waals surface area (Å²) < 4.78 is 10.6. The van der Waals surface area contributed by atoms with Gasteiger partial charge in [0.05, 0.1) is 19.8 Å². The standard InChI is InChI=1S/C21H22N2O4/c1-13(2)23-20(24)18(14-10-11-16(26-3)17(12-14)27-4)19(21(23)25)22-15-8-6-5-7-9-15/h5-13,22H,1-4H3. The fourth-order valence-electron chi connectivity index (χ4n) is 3.06. The monoisotopic (exact) mass is 366 g/mol. The van der Waals surface area contributed by atoms with Crippen LogP contribution in [0.1, 0.15) is 19.4 Å². The lowest BCUT2D eigenvalue weighted by molar-refractivity contribution is -0.138. The van der Waals surface area contributed by atoms with E-state index < -0.39 is 0 Å². The summed E-state index contributed by atoms with van der Waals surface area (Å²) in [4.78, 5) is 27.3. The van der Waals surface area contributed by atoms with Crippen LogP contribution in [-0.4, -0.2) is 37.0 Å². The van der Waals surface area contributed by atoms with Gasteiger partial charge in [-0.25, -0.2) is 0 Å². The molecule has 0 aliphatic carbocycles. The van der Waals surface area contributed by atoms with Crippen LogP contribution in [0.15, 0.2) is 54.2 Å². The van der Waals surface area contributed by atoms with Gasteiger partial charge in [-0.3, -0.25) is 14.5 Å². The summed E-state index contributed by atoms with van der Waals surface area (Å²) >= 11 is 0. The molecule has 2 amide bonds. The SMILES string of the molecule is COc1ccc(C2=C(Nc3ccccc3)C(=O)N(C(C)C)C2=O)cc1OC. The molecule has 0 fully saturated rings. The Kier molecular flexibility index (Phi) is 5.16. The quantitative estimate of drug-likeness (QED) is 0.795. The molecule has 3 rings (SSSR count). The Hall–Kier alpha value is -3.28. The van der Waals surface area contributed by atoms with E-state index in [0.717, 1.165) is 5.69 Å². The van der Waals surface area contributed by atoms with Crippen LogP contribution in [0.2, 0.25) is 0 Å². The Morgan fingerprint density at radius 1 is 0.889 bits per heavy atom. The highest BCUT2D eigenvalue weighted by Gasteiger charge is 2.40. The second kappa shape index (κ2) is 7.53. The molecule has 2 aromatic carbocycles. The summed E-state index contributed by atoms with van der Waals surface area (Å²) in [5.74, 6) is 0.367. The van der Waals surface area contributed by atoms with Crippen molar-refractivity contribution >= 4 is 23.1 Å². The molecule has 0 saturated heterocycles. The van der Waals surface area contributed by atoms with Crippen LogP contribution >= 0.6 is 0 Å². The Morgan fingerprint density at radius 2 is 1.56 bits per heavy atom. The van der Waals surface area contributed by atoms with Crippen molar-refractivity contribution in [3.63, 3.8) is 0 Å². The zero-order valence-corrected chi connectivity index (χ0v) is 15.8. The predicted octanol–water partition coefficient (Wildman–Crippen LogP) is 3.30. The van der Waals surface area contributed by atoms with Crippen LogP contribution in [0, 0.1) is 0 Å². The maximum Gasteiger partial charge on any atom is 0.278 e. The van der Waals surface area contributed by atoms with Gasteiger partial charge in [0.15, 0.2) is 11.5 Å². The van der Waals surface area contributed by atoms with Gasteiger partial charge >= 0.3 is 0 Å². The van der Waals surface area contributed by atoms with Gasteiger partial charge in [-0.1, -0.05) is 24.3 Å².